The Morgan fingerprint density at radius 2 is 0.931 bits per heavy atom. The average Bonchev–Trinajstić information content (AvgIpc) is 3.85. The summed E-state index contributed by atoms with van der Waals surface area (Å²) in [4.78, 5) is 20.7. The summed E-state index contributed by atoms with van der Waals surface area (Å²) in [5.41, 5.74) is 9.12. The van der Waals surface area contributed by atoms with E-state index in [9.17, 15) is 0 Å². The molecule has 0 N–H and O–H groups in total. The normalized spacial score (nSPS) is 11.8. The van der Waals surface area contributed by atoms with Gasteiger partial charge < -0.3 is 4.57 Å². The van der Waals surface area contributed by atoms with Gasteiger partial charge in [0.1, 0.15) is 0 Å². The summed E-state index contributed by atoms with van der Waals surface area (Å²) in [6, 6.07) is 66.1. The third-order valence-electron chi connectivity index (χ3n) is 11.2. The van der Waals surface area contributed by atoms with Gasteiger partial charge in [-0.2, -0.15) is 0 Å². The standard InChI is InChI=1S/C52H31N5S/c1-2-13-32(14-3-1)50-54-51(33-25-27-38(28-26-33)57-44-22-9-6-19-39(44)40-20-7-10-23-45(40)57)56-52(55-50)37-18-12-17-36(29-37)48-49-47(41-21-8-11-24-46(41)58-49)42-30-34-15-4-5-16-35(34)31-43(42)53-48/h1-31H. The lowest BCUT2D eigenvalue weighted by Gasteiger charge is -2.12. The zero-order valence-corrected chi connectivity index (χ0v) is 31.9. The molecule has 0 unspecified atom stereocenters. The molecule has 0 saturated carbocycles. The van der Waals surface area contributed by atoms with Crippen LogP contribution in [0.3, 0.4) is 0 Å². The van der Waals surface area contributed by atoms with Crippen LogP contribution in [0.5, 0.6) is 0 Å². The van der Waals surface area contributed by atoms with E-state index in [-0.39, 0.29) is 0 Å². The molecule has 0 spiro atoms. The Hall–Kier alpha value is -7.54. The van der Waals surface area contributed by atoms with Gasteiger partial charge in [0, 0.05) is 59.6 Å². The molecular formula is C52H31N5S. The number of pyridine rings is 1. The highest BCUT2D eigenvalue weighted by atomic mass is 32.1. The van der Waals surface area contributed by atoms with Crippen molar-refractivity contribution in [1.29, 1.82) is 0 Å². The molecule has 0 radical (unpaired) electrons. The predicted octanol–water partition coefficient (Wildman–Crippen LogP) is 13.7. The van der Waals surface area contributed by atoms with Gasteiger partial charge in [-0.1, -0.05) is 127 Å². The quantitative estimate of drug-likeness (QED) is 0.164. The molecular weight excluding hydrogens is 727 g/mol. The Labute approximate surface area is 337 Å². The number of fused-ring (bicyclic) bond motifs is 9. The maximum Gasteiger partial charge on any atom is 0.164 e. The minimum absolute atomic E-state index is 0.608. The van der Waals surface area contributed by atoms with E-state index in [0.717, 1.165) is 39.2 Å². The van der Waals surface area contributed by atoms with Gasteiger partial charge >= 0.3 is 0 Å². The lowest BCUT2D eigenvalue weighted by molar-refractivity contribution is 1.07. The molecule has 12 aromatic rings. The Morgan fingerprint density at radius 1 is 0.379 bits per heavy atom. The molecule has 4 aromatic heterocycles. The van der Waals surface area contributed by atoms with E-state index in [1.165, 1.54) is 58.1 Å². The molecule has 0 saturated heterocycles. The van der Waals surface area contributed by atoms with E-state index < -0.39 is 0 Å². The van der Waals surface area contributed by atoms with Gasteiger partial charge in [-0.25, -0.2) is 19.9 Å². The molecule has 0 aliphatic heterocycles. The predicted molar refractivity (Wildman–Crippen MR) is 242 cm³/mol. The molecule has 270 valence electrons. The monoisotopic (exact) mass is 757 g/mol. The van der Waals surface area contributed by atoms with Gasteiger partial charge in [-0.05, 0) is 71.4 Å². The molecule has 8 aromatic carbocycles. The van der Waals surface area contributed by atoms with Crippen LogP contribution in [-0.2, 0) is 0 Å². The van der Waals surface area contributed by atoms with Gasteiger partial charge in [-0.15, -0.1) is 11.3 Å². The van der Waals surface area contributed by atoms with Gasteiger partial charge in [0.25, 0.3) is 0 Å². The van der Waals surface area contributed by atoms with Crippen LogP contribution in [0.2, 0.25) is 0 Å². The summed E-state index contributed by atoms with van der Waals surface area (Å²) in [5.74, 6) is 1.85. The number of benzene rings is 8. The molecule has 4 heterocycles. The molecule has 12 rings (SSSR count). The summed E-state index contributed by atoms with van der Waals surface area (Å²) in [6.45, 7) is 0. The van der Waals surface area contributed by atoms with Crippen molar-refractivity contribution < 1.29 is 0 Å². The van der Waals surface area contributed by atoms with Crippen LogP contribution in [0.4, 0.5) is 0 Å². The first kappa shape index (κ1) is 32.7. The van der Waals surface area contributed by atoms with Crippen molar-refractivity contribution >= 4 is 75.0 Å². The highest BCUT2D eigenvalue weighted by molar-refractivity contribution is 7.26. The molecule has 6 heteroatoms. The third kappa shape index (κ3) is 5.23. The van der Waals surface area contributed by atoms with Gasteiger partial charge in [-0.3, -0.25) is 0 Å². The van der Waals surface area contributed by atoms with E-state index in [4.69, 9.17) is 19.9 Å². The van der Waals surface area contributed by atoms with Crippen LogP contribution >= 0.6 is 11.3 Å². The fraction of sp³-hybridized carbons (Fsp3) is 0. The van der Waals surface area contributed by atoms with Crippen LogP contribution in [0.25, 0.3) is 115 Å². The molecule has 0 bridgehead atoms. The van der Waals surface area contributed by atoms with Crippen molar-refractivity contribution in [1.82, 2.24) is 24.5 Å². The maximum atomic E-state index is 5.41. The molecule has 0 amide bonds. The molecule has 5 nitrogen and oxygen atoms in total. The Bertz CT molecular complexity index is 3510. The topological polar surface area (TPSA) is 56.5 Å². The number of hydrogen-bond donors (Lipinski definition) is 0. The van der Waals surface area contributed by atoms with Crippen LogP contribution in [0.15, 0.2) is 188 Å². The van der Waals surface area contributed by atoms with Crippen molar-refractivity contribution in [2.45, 2.75) is 0 Å². The van der Waals surface area contributed by atoms with E-state index in [1.807, 2.05) is 30.3 Å². The van der Waals surface area contributed by atoms with Gasteiger partial charge in [0.05, 0.1) is 26.9 Å². The first-order valence-corrected chi connectivity index (χ1v) is 20.2. The summed E-state index contributed by atoms with van der Waals surface area (Å²) >= 11 is 1.80. The number of nitrogens with zero attached hydrogens (tertiary/aromatic N) is 5. The highest BCUT2D eigenvalue weighted by Crippen LogP contribution is 2.44. The molecule has 0 atom stereocenters. The fourth-order valence-electron chi connectivity index (χ4n) is 8.48. The number of thiophene rings is 1. The smallest absolute Gasteiger partial charge is 0.164 e. The Balaban J connectivity index is 1.01. The lowest BCUT2D eigenvalue weighted by atomic mass is 9.99. The Morgan fingerprint density at radius 3 is 1.66 bits per heavy atom. The summed E-state index contributed by atoms with van der Waals surface area (Å²) < 4.78 is 4.74. The van der Waals surface area contributed by atoms with Crippen LogP contribution in [0, 0.1) is 0 Å². The van der Waals surface area contributed by atoms with Crippen LogP contribution < -0.4 is 0 Å². The van der Waals surface area contributed by atoms with E-state index >= 15 is 0 Å². The van der Waals surface area contributed by atoms with Crippen molar-refractivity contribution in [3.8, 4) is 51.1 Å². The average molecular weight is 758 g/mol. The van der Waals surface area contributed by atoms with Crippen molar-refractivity contribution in [2.75, 3.05) is 0 Å². The number of para-hydroxylation sites is 2. The number of aromatic nitrogens is 5. The molecule has 0 aliphatic rings. The highest BCUT2D eigenvalue weighted by Gasteiger charge is 2.19. The minimum atomic E-state index is 0.608. The largest absolute Gasteiger partial charge is 0.309 e. The molecule has 0 aliphatic carbocycles. The van der Waals surface area contributed by atoms with E-state index in [0.29, 0.717) is 17.5 Å². The first-order valence-electron chi connectivity index (χ1n) is 19.4. The lowest BCUT2D eigenvalue weighted by Crippen LogP contribution is -2.01. The third-order valence-corrected chi connectivity index (χ3v) is 12.4. The molecule has 58 heavy (non-hydrogen) atoms. The molecule has 0 fully saturated rings. The van der Waals surface area contributed by atoms with Crippen molar-refractivity contribution in [2.24, 2.45) is 0 Å². The summed E-state index contributed by atoms with van der Waals surface area (Å²) in [5, 5.41) is 8.53. The van der Waals surface area contributed by atoms with Gasteiger partial charge in [0.2, 0.25) is 0 Å². The fourth-order valence-corrected chi connectivity index (χ4v) is 9.71. The van der Waals surface area contributed by atoms with Crippen molar-refractivity contribution in [3.05, 3.63) is 188 Å². The number of hydrogen-bond acceptors (Lipinski definition) is 5. The number of rotatable bonds is 5. The zero-order chi connectivity index (χ0) is 38.2. The second kappa shape index (κ2) is 13.0. The van der Waals surface area contributed by atoms with Crippen LogP contribution in [-0.4, -0.2) is 24.5 Å². The second-order valence-electron chi connectivity index (χ2n) is 14.6. The zero-order valence-electron chi connectivity index (χ0n) is 31.0. The van der Waals surface area contributed by atoms with Gasteiger partial charge in [0.15, 0.2) is 17.5 Å². The van der Waals surface area contributed by atoms with Crippen molar-refractivity contribution in [3.63, 3.8) is 0 Å². The maximum absolute atomic E-state index is 5.41. The SMILES string of the molecule is c1ccc(-c2nc(-c3ccc(-n4c5ccccc5c5ccccc54)cc3)nc(-c3cccc(-c4nc5cc6ccccc6cc5c5c4sc4ccccc45)c3)n2)cc1. The van der Waals surface area contributed by atoms with E-state index in [1.54, 1.807) is 11.3 Å². The first-order chi connectivity index (χ1) is 28.7. The summed E-state index contributed by atoms with van der Waals surface area (Å²) in [6.07, 6.45) is 0. The van der Waals surface area contributed by atoms with Crippen LogP contribution in [0.1, 0.15) is 0 Å². The van der Waals surface area contributed by atoms with E-state index in [2.05, 4.69) is 162 Å². The summed E-state index contributed by atoms with van der Waals surface area (Å²) in [7, 11) is 0. The minimum Gasteiger partial charge on any atom is -0.309 e. The second-order valence-corrected chi connectivity index (χ2v) is 15.7. The Kier molecular flexibility index (Phi) is 7.33.